The van der Waals surface area contributed by atoms with Crippen LogP contribution in [0.1, 0.15) is 32.6 Å². The summed E-state index contributed by atoms with van der Waals surface area (Å²) in [6.45, 7) is 4.73. The van der Waals surface area contributed by atoms with Crippen LogP contribution < -0.4 is 5.73 Å². The molecule has 0 aromatic rings. The standard InChI is InChI=1S/C11H24N2O/c1-3-14-8-7-13(2)11-6-4-5-10(12)9-11/h10-11H,3-9,12H2,1-2H3. The molecule has 0 amide bonds. The summed E-state index contributed by atoms with van der Waals surface area (Å²) in [4.78, 5) is 2.40. The van der Waals surface area contributed by atoms with Crippen LogP contribution in [0.3, 0.4) is 0 Å². The first-order valence-corrected chi connectivity index (χ1v) is 5.77. The van der Waals surface area contributed by atoms with Gasteiger partial charge in [-0.15, -0.1) is 0 Å². The van der Waals surface area contributed by atoms with Crippen molar-refractivity contribution in [2.75, 3.05) is 26.8 Å². The molecule has 0 aromatic carbocycles. The van der Waals surface area contributed by atoms with Gasteiger partial charge in [0.15, 0.2) is 0 Å². The average Bonchev–Trinajstić information content (AvgIpc) is 2.18. The Kier molecular flexibility index (Phi) is 5.45. The fourth-order valence-electron chi connectivity index (χ4n) is 2.14. The normalized spacial score (nSPS) is 28.3. The molecule has 1 fully saturated rings. The number of hydrogen-bond acceptors (Lipinski definition) is 3. The lowest BCUT2D eigenvalue weighted by molar-refractivity contribution is 0.0949. The van der Waals surface area contributed by atoms with Gasteiger partial charge in [-0.3, -0.25) is 0 Å². The molecule has 0 bridgehead atoms. The van der Waals surface area contributed by atoms with Crippen LogP contribution in [-0.4, -0.2) is 43.8 Å². The molecule has 2 N–H and O–H groups in total. The Morgan fingerprint density at radius 3 is 2.86 bits per heavy atom. The van der Waals surface area contributed by atoms with E-state index in [1.165, 1.54) is 19.3 Å². The number of nitrogens with two attached hydrogens (primary N) is 1. The Morgan fingerprint density at radius 1 is 1.43 bits per heavy atom. The van der Waals surface area contributed by atoms with Crippen molar-refractivity contribution in [1.82, 2.24) is 4.90 Å². The van der Waals surface area contributed by atoms with Crippen LogP contribution in [0.25, 0.3) is 0 Å². The minimum Gasteiger partial charge on any atom is -0.380 e. The van der Waals surface area contributed by atoms with Gasteiger partial charge >= 0.3 is 0 Å². The van der Waals surface area contributed by atoms with Crippen molar-refractivity contribution < 1.29 is 4.74 Å². The summed E-state index contributed by atoms with van der Waals surface area (Å²) < 4.78 is 5.35. The van der Waals surface area contributed by atoms with Crippen molar-refractivity contribution in [1.29, 1.82) is 0 Å². The lowest BCUT2D eigenvalue weighted by Crippen LogP contribution is -2.41. The van der Waals surface area contributed by atoms with Crippen LogP contribution in [0, 0.1) is 0 Å². The van der Waals surface area contributed by atoms with Gasteiger partial charge in [0.05, 0.1) is 6.61 Å². The molecule has 0 aliphatic heterocycles. The van der Waals surface area contributed by atoms with Crippen LogP contribution >= 0.6 is 0 Å². The first-order chi connectivity index (χ1) is 6.74. The second-order valence-corrected chi connectivity index (χ2v) is 4.26. The van der Waals surface area contributed by atoms with E-state index in [0.717, 1.165) is 26.2 Å². The highest BCUT2D eigenvalue weighted by Gasteiger charge is 2.22. The zero-order valence-corrected chi connectivity index (χ0v) is 9.54. The second kappa shape index (κ2) is 6.38. The number of hydrogen-bond donors (Lipinski definition) is 1. The van der Waals surface area contributed by atoms with Crippen molar-refractivity contribution in [3.05, 3.63) is 0 Å². The minimum absolute atomic E-state index is 0.420. The molecule has 0 heterocycles. The third-order valence-electron chi connectivity index (χ3n) is 3.10. The molecule has 2 atom stereocenters. The zero-order chi connectivity index (χ0) is 10.4. The Hall–Kier alpha value is -0.120. The van der Waals surface area contributed by atoms with Gasteiger partial charge in [-0.2, -0.15) is 0 Å². The summed E-state index contributed by atoms with van der Waals surface area (Å²) in [5.74, 6) is 0. The maximum Gasteiger partial charge on any atom is 0.0593 e. The fraction of sp³-hybridized carbons (Fsp3) is 1.00. The predicted octanol–water partition coefficient (Wildman–Crippen LogP) is 1.22. The molecular formula is C11H24N2O. The number of likely N-dealkylation sites (N-methyl/N-ethyl adjacent to an activating group) is 1. The van der Waals surface area contributed by atoms with E-state index in [4.69, 9.17) is 10.5 Å². The van der Waals surface area contributed by atoms with E-state index in [1.54, 1.807) is 0 Å². The van der Waals surface area contributed by atoms with Gasteiger partial charge in [-0.05, 0) is 33.2 Å². The maximum absolute atomic E-state index is 5.96. The Balaban J connectivity index is 2.18. The first-order valence-electron chi connectivity index (χ1n) is 5.77. The van der Waals surface area contributed by atoms with E-state index in [1.807, 2.05) is 6.92 Å². The molecule has 14 heavy (non-hydrogen) atoms. The molecule has 84 valence electrons. The van der Waals surface area contributed by atoms with Gasteiger partial charge in [0.1, 0.15) is 0 Å². The van der Waals surface area contributed by atoms with Crippen LogP contribution in [0.15, 0.2) is 0 Å². The SMILES string of the molecule is CCOCCN(C)C1CCCC(N)C1. The smallest absolute Gasteiger partial charge is 0.0593 e. The molecule has 3 nitrogen and oxygen atoms in total. The summed E-state index contributed by atoms with van der Waals surface area (Å²) in [5.41, 5.74) is 5.96. The largest absolute Gasteiger partial charge is 0.380 e. The molecule has 1 aliphatic carbocycles. The molecular weight excluding hydrogens is 176 g/mol. The van der Waals surface area contributed by atoms with E-state index < -0.39 is 0 Å². The van der Waals surface area contributed by atoms with Crippen LogP contribution in [0.2, 0.25) is 0 Å². The van der Waals surface area contributed by atoms with Crippen molar-refractivity contribution in [3.63, 3.8) is 0 Å². The quantitative estimate of drug-likeness (QED) is 0.678. The molecule has 0 spiro atoms. The average molecular weight is 200 g/mol. The summed E-state index contributed by atoms with van der Waals surface area (Å²) in [7, 11) is 2.18. The molecule has 0 aromatic heterocycles. The van der Waals surface area contributed by atoms with Crippen LogP contribution in [0.4, 0.5) is 0 Å². The number of ether oxygens (including phenoxy) is 1. The van der Waals surface area contributed by atoms with Gasteiger partial charge in [-0.25, -0.2) is 0 Å². The number of rotatable bonds is 5. The summed E-state index contributed by atoms with van der Waals surface area (Å²) in [5, 5.41) is 0. The molecule has 2 unspecified atom stereocenters. The monoisotopic (exact) mass is 200 g/mol. The third-order valence-corrected chi connectivity index (χ3v) is 3.10. The molecule has 0 saturated heterocycles. The number of nitrogens with zero attached hydrogens (tertiary/aromatic N) is 1. The maximum atomic E-state index is 5.96. The highest BCUT2D eigenvalue weighted by atomic mass is 16.5. The highest BCUT2D eigenvalue weighted by Crippen LogP contribution is 2.20. The van der Waals surface area contributed by atoms with E-state index >= 15 is 0 Å². The molecule has 1 aliphatic rings. The summed E-state index contributed by atoms with van der Waals surface area (Å²) in [6, 6.07) is 1.10. The van der Waals surface area contributed by atoms with Crippen LogP contribution in [0.5, 0.6) is 0 Å². The minimum atomic E-state index is 0.420. The lowest BCUT2D eigenvalue weighted by Gasteiger charge is -2.33. The van der Waals surface area contributed by atoms with E-state index in [-0.39, 0.29) is 0 Å². The molecule has 0 radical (unpaired) electrons. The molecule has 1 rings (SSSR count). The molecule has 1 saturated carbocycles. The Labute approximate surface area is 87.6 Å². The van der Waals surface area contributed by atoms with Crippen molar-refractivity contribution in [2.24, 2.45) is 5.73 Å². The predicted molar refractivity (Wildman–Crippen MR) is 59.4 cm³/mol. The van der Waals surface area contributed by atoms with Gasteiger partial charge < -0.3 is 15.4 Å². The Morgan fingerprint density at radius 2 is 2.21 bits per heavy atom. The van der Waals surface area contributed by atoms with E-state index in [0.29, 0.717) is 12.1 Å². The van der Waals surface area contributed by atoms with Gasteiger partial charge in [-0.1, -0.05) is 6.42 Å². The topological polar surface area (TPSA) is 38.5 Å². The van der Waals surface area contributed by atoms with Crippen molar-refractivity contribution >= 4 is 0 Å². The van der Waals surface area contributed by atoms with Crippen LogP contribution in [-0.2, 0) is 4.74 Å². The lowest BCUT2D eigenvalue weighted by atomic mass is 9.91. The first kappa shape index (κ1) is 12.0. The summed E-state index contributed by atoms with van der Waals surface area (Å²) in [6.07, 6.45) is 4.94. The zero-order valence-electron chi connectivity index (χ0n) is 9.54. The Bertz CT molecular complexity index is 152. The fourth-order valence-corrected chi connectivity index (χ4v) is 2.14. The van der Waals surface area contributed by atoms with Gasteiger partial charge in [0.25, 0.3) is 0 Å². The highest BCUT2D eigenvalue weighted by molar-refractivity contribution is 4.80. The van der Waals surface area contributed by atoms with Gasteiger partial charge in [0.2, 0.25) is 0 Å². The third kappa shape index (κ3) is 3.95. The second-order valence-electron chi connectivity index (χ2n) is 4.26. The van der Waals surface area contributed by atoms with E-state index in [2.05, 4.69) is 11.9 Å². The summed E-state index contributed by atoms with van der Waals surface area (Å²) >= 11 is 0. The van der Waals surface area contributed by atoms with Crippen molar-refractivity contribution in [2.45, 2.75) is 44.7 Å². The van der Waals surface area contributed by atoms with E-state index in [9.17, 15) is 0 Å². The van der Waals surface area contributed by atoms with Crippen molar-refractivity contribution in [3.8, 4) is 0 Å². The van der Waals surface area contributed by atoms with Gasteiger partial charge in [0, 0.05) is 25.2 Å². The molecule has 3 heteroatoms.